The molecule has 5 heteroatoms. The average Bonchev–Trinajstić information content (AvgIpc) is 2.30. The van der Waals surface area contributed by atoms with Crippen molar-refractivity contribution in [3.63, 3.8) is 0 Å². The minimum absolute atomic E-state index is 0.0311. The maximum absolute atomic E-state index is 13.5. The number of hydrogen-bond donors (Lipinski definition) is 2. The van der Waals surface area contributed by atoms with Crippen molar-refractivity contribution < 1.29 is 9.18 Å². The van der Waals surface area contributed by atoms with E-state index in [1.54, 1.807) is 13.8 Å². The second-order valence-corrected chi connectivity index (χ2v) is 4.07. The number of rotatable bonds is 3. The van der Waals surface area contributed by atoms with E-state index in [9.17, 15) is 9.18 Å². The van der Waals surface area contributed by atoms with Gasteiger partial charge in [0.2, 0.25) is 5.91 Å². The number of carbonyl (C=O) groups excluding carboxylic acids is 1. The molecule has 0 unspecified atom stereocenters. The summed E-state index contributed by atoms with van der Waals surface area (Å²) in [6.07, 6.45) is 0. The van der Waals surface area contributed by atoms with Crippen LogP contribution in [0.25, 0.3) is 0 Å². The highest BCUT2D eigenvalue weighted by molar-refractivity contribution is 5.94. The molecule has 0 aliphatic heterocycles. The van der Waals surface area contributed by atoms with Gasteiger partial charge in [0.05, 0.1) is 23.4 Å². The monoisotopic (exact) mass is 235 g/mol. The maximum Gasteiger partial charge on any atom is 0.241 e. The Bertz CT molecular complexity index is 465. The van der Waals surface area contributed by atoms with Gasteiger partial charge < -0.3 is 11.1 Å². The Hall–Kier alpha value is -1.93. The summed E-state index contributed by atoms with van der Waals surface area (Å²) in [4.78, 5) is 11.6. The third-order valence-corrected chi connectivity index (χ3v) is 2.38. The van der Waals surface area contributed by atoms with Gasteiger partial charge in [-0.05, 0) is 24.1 Å². The van der Waals surface area contributed by atoms with Crippen molar-refractivity contribution in [2.75, 3.05) is 5.32 Å². The molecule has 1 atom stereocenters. The minimum atomic E-state index is -0.690. The number of amides is 1. The normalized spacial score (nSPS) is 12.0. The fourth-order valence-corrected chi connectivity index (χ4v) is 1.20. The van der Waals surface area contributed by atoms with E-state index in [4.69, 9.17) is 11.0 Å². The Balaban J connectivity index is 2.83. The number of benzene rings is 1. The van der Waals surface area contributed by atoms with Crippen LogP contribution in [0.2, 0.25) is 0 Å². The summed E-state index contributed by atoms with van der Waals surface area (Å²) in [5, 5.41) is 11.0. The molecule has 1 amide bonds. The average molecular weight is 235 g/mol. The summed E-state index contributed by atoms with van der Waals surface area (Å²) < 4.78 is 13.5. The topological polar surface area (TPSA) is 78.9 Å². The molecule has 1 rings (SSSR count). The van der Waals surface area contributed by atoms with E-state index in [0.717, 1.165) is 6.07 Å². The summed E-state index contributed by atoms with van der Waals surface area (Å²) in [6.45, 7) is 3.61. The van der Waals surface area contributed by atoms with Gasteiger partial charge in [0.25, 0.3) is 0 Å². The second kappa shape index (κ2) is 5.41. The van der Waals surface area contributed by atoms with Crippen LogP contribution in [0.3, 0.4) is 0 Å². The third kappa shape index (κ3) is 3.26. The Morgan fingerprint density at radius 3 is 2.65 bits per heavy atom. The lowest BCUT2D eigenvalue weighted by Crippen LogP contribution is -2.39. The number of nitrogens with one attached hydrogen (secondary N) is 1. The van der Waals surface area contributed by atoms with Crippen LogP contribution < -0.4 is 11.1 Å². The van der Waals surface area contributed by atoms with Crippen LogP contribution >= 0.6 is 0 Å². The van der Waals surface area contributed by atoms with Crippen molar-refractivity contribution >= 4 is 11.6 Å². The van der Waals surface area contributed by atoms with Crippen molar-refractivity contribution in [2.45, 2.75) is 19.9 Å². The fourth-order valence-electron chi connectivity index (χ4n) is 1.20. The van der Waals surface area contributed by atoms with Crippen LogP contribution in [0.4, 0.5) is 10.1 Å². The summed E-state index contributed by atoms with van der Waals surface area (Å²) in [7, 11) is 0. The zero-order chi connectivity index (χ0) is 13.0. The number of nitrogens with two attached hydrogens (primary N) is 1. The van der Waals surface area contributed by atoms with E-state index in [2.05, 4.69) is 5.32 Å². The molecule has 0 aromatic heterocycles. The molecule has 17 heavy (non-hydrogen) atoms. The van der Waals surface area contributed by atoms with E-state index >= 15 is 0 Å². The summed E-state index contributed by atoms with van der Waals surface area (Å²) in [5.74, 6) is -1.12. The van der Waals surface area contributed by atoms with Gasteiger partial charge in [-0.15, -0.1) is 0 Å². The van der Waals surface area contributed by atoms with Crippen LogP contribution in [-0.4, -0.2) is 11.9 Å². The Morgan fingerprint density at radius 1 is 1.53 bits per heavy atom. The highest BCUT2D eigenvalue weighted by Crippen LogP contribution is 2.16. The minimum Gasteiger partial charge on any atom is -0.322 e. The van der Waals surface area contributed by atoms with Crippen molar-refractivity contribution in [1.82, 2.24) is 0 Å². The molecule has 90 valence electrons. The highest BCUT2D eigenvalue weighted by atomic mass is 19.1. The van der Waals surface area contributed by atoms with E-state index in [-0.39, 0.29) is 17.2 Å². The van der Waals surface area contributed by atoms with Crippen LogP contribution in [0.1, 0.15) is 19.4 Å². The fraction of sp³-hybridized carbons (Fsp3) is 0.333. The number of halogens is 1. The summed E-state index contributed by atoms with van der Waals surface area (Å²) in [5.41, 5.74) is 5.86. The predicted octanol–water partition coefficient (Wildman–Crippen LogP) is 1.62. The molecule has 4 nitrogen and oxygen atoms in total. The Morgan fingerprint density at radius 2 is 2.18 bits per heavy atom. The molecule has 0 saturated carbocycles. The Kier molecular flexibility index (Phi) is 4.18. The summed E-state index contributed by atoms with van der Waals surface area (Å²) in [6, 6.07) is 4.96. The molecule has 0 aliphatic carbocycles. The van der Waals surface area contributed by atoms with Gasteiger partial charge in [0.15, 0.2) is 0 Å². The van der Waals surface area contributed by atoms with Gasteiger partial charge in [-0.3, -0.25) is 4.79 Å². The number of nitriles is 1. The zero-order valence-electron chi connectivity index (χ0n) is 9.70. The standard InChI is InChI=1S/C12H14FN3O/c1-7(2)11(15)12(17)16-10-4-3-8(6-14)5-9(10)13/h3-5,7,11H,15H2,1-2H3,(H,16,17)/t11-/m1/s1. The molecule has 0 bridgehead atoms. The molecule has 0 saturated heterocycles. The second-order valence-electron chi connectivity index (χ2n) is 4.07. The molecule has 0 heterocycles. The lowest BCUT2D eigenvalue weighted by molar-refractivity contribution is -0.118. The molecule has 3 N–H and O–H groups in total. The third-order valence-electron chi connectivity index (χ3n) is 2.38. The number of hydrogen-bond acceptors (Lipinski definition) is 3. The smallest absolute Gasteiger partial charge is 0.241 e. The van der Waals surface area contributed by atoms with Crippen LogP contribution in [0, 0.1) is 23.1 Å². The van der Waals surface area contributed by atoms with Crippen molar-refractivity contribution in [2.24, 2.45) is 11.7 Å². The largest absolute Gasteiger partial charge is 0.322 e. The van der Waals surface area contributed by atoms with Crippen LogP contribution in [0.15, 0.2) is 18.2 Å². The van der Waals surface area contributed by atoms with Gasteiger partial charge in [-0.2, -0.15) is 5.26 Å². The van der Waals surface area contributed by atoms with Crippen molar-refractivity contribution in [3.8, 4) is 6.07 Å². The number of carbonyl (C=O) groups is 1. The molecular formula is C12H14FN3O. The van der Waals surface area contributed by atoms with E-state index < -0.39 is 17.8 Å². The lowest BCUT2D eigenvalue weighted by atomic mass is 10.0. The first-order valence-corrected chi connectivity index (χ1v) is 5.21. The molecule has 0 aliphatic rings. The van der Waals surface area contributed by atoms with E-state index in [0.29, 0.717) is 0 Å². The molecule has 1 aromatic carbocycles. The van der Waals surface area contributed by atoms with Crippen LogP contribution in [0.5, 0.6) is 0 Å². The van der Waals surface area contributed by atoms with Gasteiger partial charge in [0, 0.05) is 0 Å². The summed E-state index contributed by atoms with van der Waals surface area (Å²) >= 11 is 0. The first-order chi connectivity index (χ1) is 7.95. The van der Waals surface area contributed by atoms with Crippen LogP contribution in [-0.2, 0) is 4.79 Å². The van der Waals surface area contributed by atoms with Gasteiger partial charge in [-0.25, -0.2) is 4.39 Å². The quantitative estimate of drug-likeness (QED) is 0.835. The molecular weight excluding hydrogens is 221 g/mol. The Labute approximate surface area is 99.2 Å². The van der Waals surface area contributed by atoms with Gasteiger partial charge in [-0.1, -0.05) is 13.8 Å². The van der Waals surface area contributed by atoms with Gasteiger partial charge in [0.1, 0.15) is 5.82 Å². The lowest BCUT2D eigenvalue weighted by Gasteiger charge is -2.15. The van der Waals surface area contributed by atoms with E-state index in [1.165, 1.54) is 12.1 Å². The highest BCUT2D eigenvalue weighted by Gasteiger charge is 2.18. The molecule has 0 spiro atoms. The first-order valence-electron chi connectivity index (χ1n) is 5.21. The SMILES string of the molecule is CC(C)[C@@H](N)C(=O)Nc1ccc(C#N)cc1F. The zero-order valence-corrected chi connectivity index (χ0v) is 9.70. The predicted molar refractivity (Wildman–Crippen MR) is 62.6 cm³/mol. The maximum atomic E-state index is 13.5. The van der Waals surface area contributed by atoms with Gasteiger partial charge >= 0.3 is 0 Å². The molecule has 1 aromatic rings. The number of anilines is 1. The van der Waals surface area contributed by atoms with E-state index in [1.807, 2.05) is 6.07 Å². The first kappa shape index (κ1) is 13.1. The van der Waals surface area contributed by atoms with Crippen molar-refractivity contribution in [3.05, 3.63) is 29.6 Å². The molecule has 0 radical (unpaired) electrons. The van der Waals surface area contributed by atoms with Crippen molar-refractivity contribution in [1.29, 1.82) is 5.26 Å². The molecule has 0 fully saturated rings. The number of nitrogens with zero attached hydrogens (tertiary/aromatic N) is 1.